The Morgan fingerprint density at radius 3 is 3.05 bits per heavy atom. The third-order valence-electron chi connectivity index (χ3n) is 3.73. The van der Waals surface area contributed by atoms with E-state index in [-0.39, 0.29) is 0 Å². The van der Waals surface area contributed by atoms with Crippen LogP contribution < -0.4 is 0 Å². The Hall–Kier alpha value is -1.68. The molecule has 1 aliphatic rings. The summed E-state index contributed by atoms with van der Waals surface area (Å²) >= 11 is 0. The van der Waals surface area contributed by atoms with Gasteiger partial charge < -0.3 is 4.98 Å². The molecule has 4 nitrogen and oxygen atoms in total. The van der Waals surface area contributed by atoms with E-state index in [1.807, 2.05) is 18.5 Å². The van der Waals surface area contributed by atoms with Crippen LogP contribution in [0.15, 0.2) is 30.6 Å². The molecule has 19 heavy (non-hydrogen) atoms. The van der Waals surface area contributed by atoms with Gasteiger partial charge in [0.05, 0.1) is 5.69 Å². The van der Waals surface area contributed by atoms with Crippen molar-refractivity contribution in [2.45, 2.75) is 32.2 Å². The first kappa shape index (κ1) is 12.4. The molecule has 0 unspecified atom stereocenters. The minimum atomic E-state index is 0.533. The number of pyridine rings is 1. The van der Waals surface area contributed by atoms with Gasteiger partial charge in [0.25, 0.3) is 0 Å². The monoisotopic (exact) mass is 256 g/mol. The van der Waals surface area contributed by atoms with Crippen LogP contribution in [-0.2, 0) is 6.54 Å². The van der Waals surface area contributed by atoms with Gasteiger partial charge in [0.2, 0.25) is 0 Å². The van der Waals surface area contributed by atoms with Crippen LogP contribution in [0, 0.1) is 6.92 Å². The van der Waals surface area contributed by atoms with Gasteiger partial charge in [-0.05, 0) is 38.4 Å². The van der Waals surface area contributed by atoms with Gasteiger partial charge in [0.1, 0.15) is 5.82 Å². The first-order valence-corrected chi connectivity index (χ1v) is 6.95. The second kappa shape index (κ2) is 5.53. The maximum atomic E-state index is 4.48. The number of nitrogens with zero attached hydrogens (tertiary/aromatic N) is 3. The van der Waals surface area contributed by atoms with Crippen molar-refractivity contribution < 1.29 is 0 Å². The second-order valence-electron chi connectivity index (χ2n) is 5.35. The molecule has 0 aliphatic carbocycles. The number of aromatic amines is 1. The Bertz CT molecular complexity index is 520. The van der Waals surface area contributed by atoms with Gasteiger partial charge in [-0.2, -0.15) is 0 Å². The first-order valence-electron chi connectivity index (χ1n) is 6.95. The van der Waals surface area contributed by atoms with Crippen LogP contribution in [-0.4, -0.2) is 32.9 Å². The molecule has 0 radical (unpaired) electrons. The van der Waals surface area contributed by atoms with Gasteiger partial charge in [-0.25, -0.2) is 4.98 Å². The second-order valence-corrected chi connectivity index (χ2v) is 5.35. The molecule has 3 heterocycles. The maximum absolute atomic E-state index is 4.48. The largest absolute Gasteiger partial charge is 0.346 e. The van der Waals surface area contributed by atoms with Gasteiger partial charge in [-0.15, -0.1) is 0 Å². The summed E-state index contributed by atoms with van der Waals surface area (Å²) in [6.07, 6.45) is 6.25. The maximum Gasteiger partial charge on any atom is 0.110 e. The van der Waals surface area contributed by atoms with E-state index < -0.39 is 0 Å². The highest BCUT2D eigenvalue weighted by atomic mass is 15.1. The predicted octanol–water partition coefficient (Wildman–Crippen LogP) is 2.49. The summed E-state index contributed by atoms with van der Waals surface area (Å²) in [7, 11) is 0. The molecule has 0 bridgehead atoms. The molecule has 1 fully saturated rings. The Balaban J connectivity index is 1.65. The van der Waals surface area contributed by atoms with Crippen LogP contribution in [0.1, 0.15) is 36.0 Å². The topological polar surface area (TPSA) is 44.8 Å². The average molecular weight is 256 g/mol. The third kappa shape index (κ3) is 3.01. The number of piperidine rings is 1. The zero-order chi connectivity index (χ0) is 13.1. The number of hydrogen-bond acceptors (Lipinski definition) is 3. The fourth-order valence-electron chi connectivity index (χ4n) is 2.78. The van der Waals surface area contributed by atoms with E-state index in [2.05, 4.69) is 38.9 Å². The minimum Gasteiger partial charge on any atom is -0.346 e. The van der Waals surface area contributed by atoms with Crippen LogP contribution in [0.3, 0.4) is 0 Å². The van der Waals surface area contributed by atoms with Crippen LogP contribution in [0.25, 0.3) is 0 Å². The summed E-state index contributed by atoms with van der Waals surface area (Å²) in [4.78, 5) is 14.7. The van der Waals surface area contributed by atoms with Crippen molar-refractivity contribution in [1.29, 1.82) is 0 Å². The number of aryl methyl sites for hydroxylation is 1. The number of hydrogen-bond donors (Lipinski definition) is 1. The molecular weight excluding hydrogens is 236 g/mol. The van der Waals surface area contributed by atoms with Crippen molar-refractivity contribution in [3.05, 3.63) is 47.8 Å². The van der Waals surface area contributed by atoms with Crippen molar-refractivity contribution in [2.24, 2.45) is 0 Å². The Labute approximate surface area is 113 Å². The zero-order valence-corrected chi connectivity index (χ0v) is 11.3. The van der Waals surface area contributed by atoms with E-state index in [4.69, 9.17) is 0 Å². The van der Waals surface area contributed by atoms with E-state index in [1.165, 1.54) is 12.8 Å². The molecule has 1 aliphatic heterocycles. The SMILES string of the molecule is Cc1cnc([C@H]2CCCN(Cc3ccccn3)C2)[nH]1. The molecule has 0 saturated carbocycles. The van der Waals surface area contributed by atoms with E-state index in [1.54, 1.807) is 0 Å². The number of rotatable bonds is 3. The lowest BCUT2D eigenvalue weighted by molar-refractivity contribution is 0.195. The summed E-state index contributed by atoms with van der Waals surface area (Å²) in [6.45, 7) is 5.23. The number of H-pyrrole nitrogens is 1. The number of imidazole rings is 1. The highest BCUT2D eigenvalue weighted by Crippen LogP contribution is 2.25. The van der Waals surface area contributed by atoms with Crippen molar-refractivity contribution >= 4 is 0 Å². The first-order chi connectivity index (χ1) is 9.31. The van der Waals surface area contributed by atoms with Crippen molar-refractivity contribution in [1.82, 2.24) is 19.9 Å². The number of likely N-dealkylation sites (tertiary alicyclic amines) is 1. The van der Waals surface area contributed by atoms with Gasteiger partial charge in [0, 0.05) is 37.1 Å². The highest BCUT2D eigenvalue weighted by Gasteiger charge is 2.23. The van der Waals surface area contributed by atoms with E-state index >= 15 is 0 Å². The Morgan fingerprint density at radius 2 is 2.32 bits per heavy atom. The quantitative estimate of drug-likeness (QED) is 0.917. The lowest BCUT2D eigenvalue weighted by atomic mass is 9.97. The molecule has 0 spiro atoms. The van der Waals surface area contributed by atoms with Gasteiger partial charge in [-0.3, -0.25) is 9.88 Å². The standard InChI is InChI=1S/C15H20N4/c1-12-9-17-15(18-12)13-5-4-8-19(10-13)11-14-6-2-3-7-16-14/h2-3,6-7,9,13H,4-5,8,10-11H2,1H3,(H,17,18)/t13-/m0/s1. The van der Waals surface area contributed by atoms with Gasteiger partial charge in [-0.1, -0.05) is 6.07 Å². The lowest BCUT2D eigenvalue weighted by Crippen LogP contribution is -2.34. The molecule has 1 saturated heterocycles. The summed E-state index contributed by atoms with van der Waals surface area (Å²) < 4.78 is 0. The summed E-state index contributed by atoms with van der Waals surface area (Å²) in [5.41, 5.74) is 2.30. The van der Waals surface area contributed by atoms with E-state index in [9.17, 15) is 0 Å². The Kier molecular flexibility index (Phi) is 3.60. The smallest absolute Gasteiger partial charge is 0.110 e. The van der Waals surface area contributed by atoms with E-state index in [0.29, 0.717) is 5.92 Å². The van der Waals surface area contributed by atoms with Crippen molar-refractivity contribution in [2.75, 3.05) is 13.1 Å². The van der Waals surface area contributed by atoms with Gasteiger partial charge in [0.15, 0.2) is 0 Å². The molecule has 1 atom stereocenters. The molecule has 0 amide bonds. The molecular formula is C15H20N4. The van der Waals surface area contributed by atoms with Crippen molar-refractivity contribution in [3.8, 4) is 0 Å². The predicted molar refractivity (Wildman–Crippen MR) is 74.8 cm³/mol. The highest BCUT2D eigenvalue weighted by molar-refractivity contribution is 5.07. The van der Waals surface area contributed by atoms with Gasteiger partial charge >= 0.3 is 0 Å². The molecule has 0 aromatic carbocycles. The number of nitrogens with one attached hydrogen (secondary N) is 1. The minimum absolute atomic E-state index is 0.533. The summed E-state index contributed by atoms with van der Waals surface area (Å²) in [5, 5.41) is 0. The van der Waals surface area contributed by atoms with Crippen LogP contribution in [0.4, 0.5) is 0 Å². The normalized spacial score (nSPS) is 20.6. The van der Waals surface area contributed by atoms with Crippen LogP contribution in [0.2, 0.25) is 0 Å². The molecule has 4 heteroatoms. The molecule has 1 N–H and O–H groups in total. The van der Waals surface area contributed by atoms with Crippen LogP contribution in [0.5, 0.6) is 0 Å². The fourth-order valence-corrected chi connectivity index (χ4v) is 2.78. The van der Waals surface area contributed by atoms with E-state index in [0.717, 1.165) is 36.8 Å². The fraction of sp³-hybridized carbons (Fsp3) is 0.467. The van der Waals surface area contributed by atoms with Crippen LogP contribution >= 0.6 is 0 Å². The summed E-state index contributed by atoms with van der Waals surface area (Å²) in [5.74, 6) is 1.68. The van der Waals surface area contributed by atoms with Crippen molar-refractivity contribution in [3.63, 3.8) is 0 Å². The average Bonchev–Trinajstić information content (AvgIpc) is 2.87. The Morgan fingerprint density at radius 1 is 1.37 bits per heavy atom. The molecule has 2 aromatic rings. The molecule has 3 rings (SSSR count). The zero-order valence-electron chi connectivity index (χ0n) is 11.3. The number of aromatic nitrogens is 3. The summed E-state index contributed by atoms with van der Waals surface area (Å²) in [6, 6.07) is 6.12. The molecule has 2 aromatic heterocycles. The third-order valence-corrected chi connectivity index (χ3v) is 3.73. The molecule has 100 valence electrons. The lowest BCUT2D eigenvalue weighted by Gasteiger charge is -2.31.